The van der Waals surface area contributed by atoms with Gasteiger partial charge in [-0.25, -0.2) is 0 Å². The highest BCUT2D eigenvalue weighted by atomic mass is 16.5. The maximum absolute atomic E-state index is 4.96. The molecule has 0 bridgehead atoms. The molecule has 1 heterocycles. The van der Waals surface area contributed by atoms with E-state index in [4.69, 9.17) is 4.74 Å². The summed E-state index contributed by atoms with van der Waals surface area (Å²) in [7, 11) is 0. The molecule has 0 aromatic carbocycles. The van der Waals surface area contributed by atoms with Crippen LogP contribution in [0.4, 0.5) is 0 Å². The van der Waals surface area contributed by atoms with Crippen molar-refractivity contribution in [3.63, 3.8) is 0 Å². The average molecular weight is 97.1 g/mol. The van der Waals surface area contributed by atoms with Gasteiger partial charge < -0.3 is 4.74 Å². The molecule has 0 aliphatic carbocycles. The van der Waals surface area contributed by atoms with Crippen LogP contribution in [0, 0.1) is 0 Å². The number of hydrogen-bond acceptors (Lipinski definition) is 2. The number of nitrogens with zero attached hydrogens (tertiary/aromatic N) is 1. The van der Waals surface area contributed by atoms with Crippen molar-refractivity contribution >= 4 is 6.21 Å². The first-order valence-electron chi connectivity index (χ1n) is 2.24. The second-order valence-electron chi connectivity index (χ2n) is 1.25. The van der Waals surface area contributed by atoms with E-state index >= 15 is 0 Å². The molecule has 7 heavy (non-hydrogen) atoms. The molecule has 0 amide bonds. The van der Waals surface area contributed by atoms with Crippen molar-refractivity contribution in [2.24, 2.45) is 4.99 Å². The van der Waals surface area contributed by atoms with E-state index < -0.39 is 0 Å². The Bertz CT molecular complexity index is 84.3. The molecular weight excluding hydrogens is 90.1 g/mol. The van der Waals surface area contributed by atoms with Crippen LogP contribution in [-0.2, 0) is 4.74 Å². The van der Waals surface area contributed by atoms with Gasteiger partial charge in [-0.15, -0.1) is 0 Å². The van der Waals surface area contributed by atoms with E-state index in [1.165, 1.54) is 0 Å². The lowest BCUT2D eigenvalue weighted by atomic mass is 10.7. The fraction of sp³-hybridized carbons (Fsp3) is 0.400. The third kappa shape index (κ3) is 1.50. The summed E-state index contributed by atoms with van der Waals surface area (Å²) in [4.78, 5) is 3.84. The third-order valence-corrected chi connectivity index (χ3v) is 0.703. The number of ether oxygens (including phenoxy) is 1. The van der Waals surface area contributed by atoms with E-state index in [0.717, 1.165) is 0 Å². The fourth-order valence-electron chi connectivity index (χ4n) is 0.397. The summed E-state index contributed by atoms with van der Waals surface area (Å²) in [6.45, 7) is 1.34. The van der Waals surface area contributed by atoms with Gasteiger partial charge >= 0.3 is 0 Å². The normalized spacial score (nSPS) is 19.4. The molecule has 0 aromatic rings. The summed E-state index contributed by atoms with van der Waals surface area (Å²) in [6.07, 6.45) is 5.36. The molecule has 38 valence electrons. The lowest BCUT2D eigenvalue weighted by molar-refractivity contribution is 0.208. The zero-order valence-corrected chi connectivity index (χ0v) is 4.00. The van der Waals surface area contributed by atoms with Gasteiger partial charge in [0.15, 0.2) is 0 Å². The van der Waals surface area contributed by atoms with Crippen molar-refractivity contribution in [3.8, 4) is 0 Å². The van der Waals surface area contributed by atoms with Gasteiger partial charge in [0, 0.05) is 12.4 Å². The van der Waals surface area contributed by atoms with Crippen LogP contribution in [0.5, 0.6) is 0 Å². The average Bonchev–Trinajstić information content (AvgIpc) is 1.90. The molecule has 1 aliphatic heterocycles. The molecule has 0 unspecified atom stereocenters. The SMILES string of the molecule is C1=CN=CCOC1. The lowest BCUT2D eigenvalue weighted by Gasteiger charge is -1.86. The molecule has 2 heteroatoms. The molecule has 0 fully saturated rings. The van der Waals surface area contributed by atoms with E-state index in [9.17, 15) is 0 Å². The second-order valence-corrected chi connectivity index (χ2v) is 1.25. The zero-order valence-electron chi connectivity index (χ0n) is 4.00. The Morgan fingerprint density at radius 1 is 1.43 bits per heavy atom. The maximum atomic E-state index is 4.96. The molecule has 1 rings (SSSR count). The molecule has 0 aromatic heterocycles. The van der Waals surface area contributed by atoms with Gasteiger partial charge in [0.1, 0.15) is 0 Å². The van der Waals surface area contributed by atoms with Crippen LogP contribution in [0.15, 0.2) is 17.3 Å². The van der Waals surface area contributed by atoms with Crippen LogP contribution >= 0.6 is 0 Å². The predicted octanol–water partition coefficient (Wildman–Crippen LogP) is 0.601. The van der Waals surface area contributed by atoms with E-state index in [1.807, 2.05) is 6.08 Å². The Morgan fingerprint density at radius 2 is 2.43 bits per heavy atom. The minimum absolute atomic E-state index is 0.646. The fourth-order valence-corrected chi connectivity index (χ4v) is 0.397. The van der Waals surface area contributed by atoms with E-state index in [0.29, 0.717) is 13.2 Å². The minimum Gasteiger partial charge on any atom is -0.372 e. The summed E-state index contributed by atoms with van der Waals surface area (Å²) in [6, 6.07) is 0. The van der Waals surface area contributed by atoms with Gasteiger partial charge in [0.2, 0.25) is 0 Å². The van der Waals surface area contributed by atoms with Gasteiger partial charge in [0.25, 0.3) is 0 Å². The van der Waals surface area contributed by atoms with Gasteiger partial charge in [-0.05, 0) is 6.08 Å². The Morgan fingerprint density at radius 3 is 3.43 bits per heavy atom. The maximum Gasteiger partial charge on any atom is 0.0822 e. The van der Waals surface area contributed by atoms with Crippen LogP contribution in [0.3, 0.4) is 0 Å². The first kappa shape index (κ1) is 4.53. The standard InChI is InChI=1S/C5H7NO/c1-2-6-3-5-7-4-1/h1-3H,4-5H2. The third-order valence-electron chi connectivity index (χ3n) is 0.703. The largest absolute Gasteiger partial charge is 0.372 e. The summed E-state index contributed by atoms with van der Waals surface area (Å²) in [5.41, 5.74) is 0. The number of aliphatic imine (C=N–C) groups is 1. The molecule has 0 saturated heterocycles. The second kappa shape index (κ2) is 2.53. The predicted molar refractivity (Wildman–Crippen MR) is 28.5 cm³/mol. The van der Waals surface area contributed by atoms with Crippen LogP contribution in [-0.4, -0.2) is 19.4 Å². The van der Waals surface area contributed by atoms with Gasteiger partial charge in [-0.1, -0.05) is 0 Å². The minimum atomic E-state index is 0.646. The van der Waals surface area contributed by atoms with Gasteiger partial charge in [-0.3, -0.25) is 4.99 Å². The molecule has 0 spiro atoms. The topological polar surface area (TPSA) is 21.6 Å². The molecule has 1 aliphatic rings. The molecular formula is C5H7NO. The van der Waals surface area contributed by atoms with Crippen molar-refractivity contribution < 1.29 is 4.74 Å². The molecule has 0 saturated carbocycles. The summed E-state index contributed by atoms with van der Waals surface area (Å²) in [5.74, 6) is 0. The molecule has 0 atom stereocenters. The Balaban J connectivity index is 2.39. The molecule has 0 radical (unpaired) electrons. The quantitative estimate of drug-likeness (QED) is 0.433. The Kier molecular flexibility index (Phi) is 1.63. The highest BCUT2D eigenvalue weighted by molar-refractivity contribution is 5.59. The number of rotatable bonds is 0. The summed E-state index contributed by atoms with van der Waals surface area (Å²) >= 11 is 0. The van der Waals surface area contributed by atoms with Crippen LogP contribution in [0.1, 0.15) is 0 Å². The van der Waals surface area contributed by atoms with Crippen molar-refractivity contribution in [3.05, 3.63) is 12.3 Å². The first-order chi connectivity index (χ1) is 3.50. The number of hydrogen-bond donors (Lipinski definition) is 0. The highest BCUT2D eigenvalue weighted by Crippen LogP contribution is 1.81. The van der Waals surface area contributed by atoms with Crippen LogP contribution in [0.25, 0.3) is 0 Å². The first-order valence-corrected chi connectivity index (χ1v) is 2.24. The lowest BCUT2D eigenvalue weighted by Crippen LogP contribution is -1.91. The van der Waals surface area contributed by atoms with E-state index in [1.54, 1.807) is 12.4 Å². The summed E-state index contributed by atoms with van der Waals surface area (Å²) < 4.78 is 4.96. The zero-order chi connectivity index (χ0) is 4.95. The highest BCUT2D eigenvalue weighted by Gasteiger charge is 1.80. The van der Waals surface area contributed by atoms with E-state index in [-0.39, 0.29) is 0 Å². The monoisotopic (exact) mass is 97.1 g/mol. The smallest absolute Gasteiger partial charge is 0.0822 e. The van der Waals surface area contributed by atoms with Gasteiger partial charge in [0.05, 0.1) is 13.2 Å². The summed E-state index contributed by atoms with van der Waals surface area (Å²) in [5, 5.41) is 0. The van der Waals surface area contributed by atoms with Crippen LogP contribution in [0.2, 0.25) is 0 Å². The van der Waals surface area contributed by atoms with E-state index in [2.05, 4.69) is 4.99 Å². The van der Waals surface area contributed by atoms with Crippen molar-refractivity contribution in [2.75, 3.05) is 13.2 Å². The van der Waals surface area contributed by atoms with Crippen molar-refractivity contribution in [1.82, 2.24) is 0 Å². The Labute approximate surface area is 42.5 Å². The van der Waals surface area contributed by atoms with Gasteiger partial charge in [-0.2, -0.15) is 0 Å². The Hall–Kier alpha value is -0.630. The molecule has 2 nitrogen and oxygen atoms in total. The molecule has 0 N–H and O–H groups in total. The van der Waals surface area contributed by atoms with Crippen LogP contribution < -0.4 is 0 Å². The van der Waals surface area contributed by atoms with Crippen molar-refractivity contribution in [2.45, 2.75) is 0 Å². The van der Waals surface area contributed by atoms with Crippen molar-refractivity contribution in [1.29, 1.82) is 0 Å².